The van der Waals surface area contributed by atoms with E-state index in [4.69, 9.17) is 4.99 Å². The van der Waals surface area contributed by atoms with Gasteiger partial charge in [0, 0.05) is 37.7 Å². The van der Waals surface area contributed by atoms with Crippen LogP contribution in [0.4, 0.5) is 10.1 Å². The first-order valence-electron chi connectivity index (χ1n) is 12.7. The molecule has 0 fully saturated rings. The minimum Gasteiger partial charge on any atom is -0.367 e. The predicted molar refractivity (Wildman–Crippen MR) is 142 cm³/mol. The summed E-state index contributed by atoms with van der Waals surface area (Å²) in [6, 6.07) is 15.1. The van der Waals surface area contributed by atoms with E-state index in [0.29, 0.717) is 12.5 Å². The molecule has 0 saturated heterocycles. The minimum atomic E-state index is -0.253. The van der Waals surface area contributed by atoms with E-state index in [-0.39, 0.29) is 11.9 Å². The molecule has 1 unspecified atom stereocenters. The fraction of sp³-hybridized carbons (Fsp3) is 0.448. The Morgan fingerprint density at radius 1 is 1.11 bits per heavy atom. The van der Waals surface area contributed by atoms with Crippen LogP contribution < -0.4 is 5.32 Å². The van der Waals surface area contributed by atoms with Gasteiger partial charge in [0.1, 0.15) is 5.82 Å². The van der Waals surface area contributed by atoms with Crippen molar-refractivity contribution in [3.8, 4) is 6.07 Å². The Labute approximate surface area is 210 Å². The molecule has 6 heteroatoms. The van der Waals surface area contributed by atoms with Gasteiger partial charge in [-0.1, -0.05) is 52.2 Å². The lowest BCUT2D eigenvalue weighted by Gasteiger charge is -2.37. The normalized spacial score (nSPS) is 14.8. The summed E-state index contributed by atoms with van der Waals surface area (Å²) >= 11 is 0. The van der Waals surface area contributed by atoms with Crippen LogP contribution in [0.3, 0.4) is 0 Å². The molecule has 1 heterocycles. The van der Waals surface area contributed by atoms with Gasteiger partial charge in [-0.05, 0) is 60.7 Å². The highest BCUT2D eigenvalue weighted by atomic mass is 19.1. The number of rotatable bonds is 9. The van der Waals surface area contributed by atoms with Crippen molar-refractivity contribution in [2.24, 2.45) is 10.9 Å². The van der Waals surface area contributed by atoms with Gasteiger partial charge in [-0.2, -0.15) is 5.26 Å². The van der Waals surface area contributed by atoms with E-state index in [9.17, 15) is 9.65 Å². The van der Waals surface area contributed by atoms with Crippen molar-refractivity contribution >= 4 is 11.6 Å². The molecule has 1 aliphatic heterocycles. The summed E-state index contributed by atoms with van der Waals surface area (Å²) in [4.78, 5) is 9.36. The van der Waals surface area contributed by atoms with Gasteiger partial charge >= 0.3 is 0 Å². The second-order valence-corrected chi connectivity index (χ2v) is 9.62. The summed E-state index contributed by atoms with van der Waals surface area (Å²) in [6.45, 7) is 10.9. The topological polar surface area (TPSA) is 54.7 Å². The van der Waals surface area contributed by atoms with Crippen LogP contribution in [0.25, 0.3) is 0 Å². The van der Waals surface area contributed by atoms with E-state index in [1.807, 2.05) is 13.0 Å². The molecule has 1 atom stereocenters. The van der Waals surface area contributed by atoms with Crippen LogP contribution in [0.1, 0.15) is 69.2 Å². The zero-order chi connectivity index (χ0) is 25.2. The molecule has 3 rings (SSSR count). The van der Waals surface area contributed by atoms with Gasteiger partial charge < -0.3 is 15.1 Å². The number of aryl methyl sites for hydroxylation is 1. The zero-order valence-electron chi connectivity index (χ0n) is 21.5. The van der Waals surface area contributed by atoms with Crippen molar-refractivity contribution < 1.29 is 4.39 Å². The van der Waals surface area contributed by atoms with Crippen molar-refractivity contribution in [2.45, 2.75) is 59.4 Å². The SMILES string of the molecule is CCCCCC(c1ccc(C#N)c(C)c1)N1C=CN(C(=NCC(C)C)Nc2ccc(F)cc2)CC1. The Morgan fingerprint density at radius 2 is 1.89 bits per heavy atom. The molecule has 0 radical (unpaired) electrons. The number of unbranched alkanes of at least 4 members (excludes halogenated alkanes) is 2. The van der Waals surface area contributed by atoms with E-state index < -0.39 is 0 Å². The third-order valence-corrected chi connectivity index (χ3v) is 6.25. The summed E-state index contributed by atoms with van der Waals surface area (Å²) in [7, 11) is 0. The van der Waals surface area contributed by atoms with Gasteiger partial charge in [-0.25, -0.2) is 4.39 Å². The largest absolute Gasteiger partial charge is 0.367 e. The quantitative estimate of drug-likeness (QED) is 0.245. The van der Waals surface area contributed by atoms with Crippen molar-refractivity contribution in [1.29, 1.82) is 5.26 Å². The molecule has 2 aromatic carbocycles. The van der Waals surface area contributed by atoms with Crippen LogP contribution in [-0.4, -0.2) is 35.4 Å². The fourth-order valence-corrected chi connectivity index (χ4v) is 4.24. The van der Waals surface area contributed by atoms with Crippen LogP contribution >= 0.6 is 0 Å². The predicted octanol–water partition coefficient (Wildman–Crippen LogP) is 6.84. The van der Waals surface area contributed by atoms with Gasteiger partial charge in [0.2, 0.25) is 5.96 Å². The Morgan fingerprint density at radius 3 is 2.49 bits per heavy atom. The lowest BCUT2D eigenvalue weighted by atomic mass is 9.95. The zero-order valence-corrected chi connectivity index (χ0v) is 21.5. The first-order chi connectivity index (χ1) is 16.9. The second kappa shape index (κ2) is 12.9. The van der Waals surface area contributed by atoms with E-state index in [0.717, 1.165) is 42.3 Å². The maximum atomic E-state index is 13.4. The molecule has 0 spiro atoms. The lowest BCUT2D eigenvalue weighted by Crippen LogP contribution is -2.42. The molecule has 1 aliphatic rings. The maximum absolute atomic E-state index is 13.4. The monoisotopic (exact) mass is 475 g/mol. The van der Waals surface area contributed by atoms with E-state index in [2.05, 4.69) is 66.5 Å². The fourth-order valence-electron chi connectivity index (χ4n) is 4.24. The number of nitriles is 1. The molecule has 1 N–H and O–H groups in total. The van der Waals surface area contributed by atoms with Crippen LogP contribution in [-0.2, 0) is 0 Å². The van der Waals surface area contributed by atoms with Gasteiger partial charge in [-0.15, -0.1) is 0 Å². The first kappa shape index (κ1) is 26.3. The third-order valence-electron chi connectivity index (χ3n) is 6.25. The van der Waals surface area contributed by atoms with E-state index >= 15 is 0 Å². The number of benzene rings is 2. The van der Waals surface area contributed by atoms with E-state index in [1.54, 1.807) is 12.1 Å². The molecule has 0 bridgehead atoms. The molecular weight excluding hydrogens is 437 g/mol. The number of nitrogens with zero attached hydrogens (tertiary/aromatic N) is 4. The molecule has 186 valence electrons. The van der Waals surface area contributed by atoms with Crippen LogP contribution in [0, 0.1) is 30.0 Å². The number of aliphatic imine (C=N–C) groups is 1. The van der Waals surface area contributed by atoms with Gasteiger partial charge in [0.25, 0.3) is 0 Å². The first-order valence-corrected chi connectivity index (χ1v) is 12.7. The van der Waals surface area contributed by atoms with Gasteiger partial charge in [0.05, 0.1) is 17.7 Å². The smallest absolute Gasteiger partial charge is 0.202 e. The number of anilines is 1. The highest BCUT2D eigenvalue weighted by molar-refractivity contribution is 5.94. The van der Waals surface area contributed by atoms with Crippen molar-refractivity contribution in [3.05, 3.63) is 77.4 Å². The summed E-state index contributed by atoms with van der Waals surface area (Å²) in [5.41, 5.74) is 3.84. The Hall–Kier alpha value is -3.33. The molecule has 2 aromatic rings. The highest BCUT2D eigenvalue weighted by Gasteiger charge is 2.23. The highest BCUT2D eigenvalue weighted by Crippen LogP contribution is 2.30. The average molecular weight is 476 g/mol. The van der Waals surface area contributed by atoms with Crippen molar-refractivity contribution in [1.82, 2.24) is 9.80 Å². The molecule has 0 aromatic heterocycles. The summed E-state index contributed by atoms with van der Waals surface area (Å²) in [5.74, 6) is 0.961. The van der Waals surface area contributed by atoms with Gasteiger partial charge in [-0.3, -0.25) is 4.99 Å². The molecule has 5 nitrogen and oxygen atoms in total. The van der Waals surface area contributed by atoms with Gasteiger partial charge in [0.15, 0.2) is 0 Å². The van der Waals surface area contributed by atoms with Crippen molar-refractivity contribution in [3.63, 3.8) is 0 Å². The number of hydrogen-bond acceptors (Lipinski definition) is 3. The molecule has 0 aliphatic carbocycles. The minimum absolute atomic E-state index is 0.253. The molecular formula is C29H38FN5. The standard InChI is InChI=1S/C29H38FN5/c1-5-6-7-8-28(24-9-10-25(20-31)23(4)19-24)34-15-17-35(18-16-34)29(32-21-22(2)3)33-27-13-11-26(30)12-14-27/h9-15,17,19,22,28H,5-8,16,18,21H2,1-4H3,(H,32,33). The Balaban J connectivity index is 1.80. The molecule has 0 saturated carbocycles. The average Bonchev–Trinajstić information content (AvgIpc) is 2.86. The van der Waals surface area contributed by atoms with Crippen LogP contribution in [0.5, 0.6) is 0 Å². The number of nitrogens with one attached hydrogen (secondary N) is 1. The number of guanidine groups is 1. The molecule has 35 heavy (non-hydrogen) atoms. The van der Waals surface area contributed by atoms with Crippen LogP contribution in [0.15, 0.2) is 59.9 Å². The summed E-state index contributed by atoms with van der Waals surface area (Å²) in [5, 5.41) is 12.7. The van der Waals surface area contributed by atoms with Crippen LogP contribution in [0.2, 0.25) is 0 Å². The van der Waals surface area contributed by atoms with E-state index in [1.165, 1.54) is 37.0 Å². The maximum Gasteiger partial charge on any atom is 0.202 e. The third kappa shape index (κ3) is 7.58. The van der Waals surface area contributed by atoms with Crippen molar-refractivity contribution in [2.75, 3.05) is 25.0 Å². The Kier molecular flexibility index (Phi) is 9.72. The lowest BCUT2D eigenvalue weighted by molar-refractivity contribution is 0.228. The Bertz CT molecular complexity index is 1050. The number of hydrogen-bond donors (Lipinski definition) is 1. The summed E-state index contributed by atoms with van der Waals surface area (Å²) < 4.78 is 13.4. The molecule has 0 amide bonds. The summed E-state index contributed by atoms with van der Waals surface area (Å²) in [6.07, 6.45) is 8.89. The number of halogens is 1. The second-order valence-electron chi connectivity index (χ2n) is 9.62.